The highest BCUT2D eigenvalue weighted by molar-refractivity contribution is 9.09. The Labute approximate surface area is 117 Å². The first-order valence-electron chi connectivity index (χ1n) is 6.20. The summed E-state index contributed by atoms with van der Waals surface area (Å²) in [4.78, 5) is 12.0. The van der Waals surface area contributed by atoms with Gasteiger partial charge in [0.25, 0.3) is 5.91 Å². The summed E-state index contributed by atoms with van der Waals surface area (Å²) >= 11 is 3.52. The van der Waals surface area contributed by atoms with Crippen molar-refractivity contribution in [2.24, 2.45) is 5.41 Å². The summed E-state index contributed by atoms with van der Waals surface area (Å²) in [5.74, 6) is -0.0292. The zero-order valence-electron chi connectivity index (χ0n) is 10.9. The van der Waals surface area contributed by atoms with Crippen LogP contribution in [0.15, 0.2) is 24.3 Å². The second-order valence-corrected chi connectivity index (χ2v) is 5.13. The van der Waals surface area contributed by atoms with Crippen LogP contribution < -0.4 is 5.32 Å². The summed E-state index contributed by atoms with van der Waals surface area (Å²) in [6, 6.07) is 6.39. The molecule has 0 heterocycles. The van der Waals surface area contributed by atoms with Gasteiger partial charge < -0.3 is 10.4 Å². The van der Waals surface area contributed by atoms with Crippen LogP contribution >= 0.6 is 15.9 Å². The molecule has 100 valence electrons. The van der Waals surface area contributed by atoms with Gasteiger partial charge in [-0.1, -0.05) is 35.8 Å². The molecule has 0 radical (unpaired) electrons. The van der Waals surface area contributed by atoms with Crippen LogP contribution in [0.4, 0.5) is 0 Å². The molecule has 1 rings (SSSR count). The van der Waals surface area contributed by atoms with E-state index in [1.807, 2.05) is 0 Å². The summed E-state index contributed by atoms with van der Waals surface area (Å²) < 4.78 is 0. The molecule has 0 saturated carbocycles. The fraction of sp³-hybridized carbons (Fsp3) is 0.500. The molecule has 0 aliphatic carbocycles. The third-order valence-electron chi connectivity index (χ3n) is 3.52. The molecule has 0 saturated heterocycles. The largest absolute Gasteiger partial charge is 0.508 e. The van der Waals surface area contributed by atoms with Gasteiger partial charge in [0.05, 0.1) is 0 Å². The maximum Gasteiger partial charge on any atom is 0.251 e. The number of carbonyl (C=O) groups excluding carboxylic acids is 1. The van der Waals surface area contributed by atoms with Crippen LogP contribution in [0, 0.1) is 5.41 Å². The monoisotopic (exact) mass is 313 g/mol. The van der Waals surface area contributed by atoms with Crippen LogP contribution in [0.3, 0.4) is 0 Å². The van der Waals surface area contributed by atoms with E-state index in [1.165, 1.54) is 6.07 Å². The Bertz CT molecular complexity index is 394. The number of halogens is 1. The molecular formula is C14H20BrNO2. The highest BCUT2D eigenvalue weighted by Gasteiger charge is 2.25. The molecule has 2 N–H and O–H groups in total. The summed E-state index contributed by atoms with van der Waals surface area (Å²) in [6.45, 7) is 4.90. The first-order valence-corrected chi connectivity index (χ1v) is 7.32. The van der Waals surface area contributed by atoms with Gasteiger partial charge in [-0.25, -0.2) is 0 Å². The first kappa shape index (κ1) is 15.0. The Morgan fingerprint density at radius 2 is 2.06 bits per heavy atom. The summed E-state index contributed by atoms with van der Waals surface area (Å²) in [6.07, 6.45) is 2.02. The lowest BCUT2D eigenvalue weighted by Gasteiger charge is -2.29. The number of hydrogen-bond donors (Lipinski definition) is 2. The Morgan fingerprint density at radius 3 is 2.56 bits per heavy atom. The topological polar surface area (TPSA) is 49.3 Å². The summed E-state index contributed by atoms with van der Waals surface area (Å²) in [5.41, 5.74) is 0.595. The summed E-state index contributed by atoms with van der Waals surface area (Å²) in [5, 5.41) is 13.1. The van der Waals surface area contributed by atoms with Crippen molar-refractivity contribution in [2.45, 2.75) is 26.7 Å². The van der Waals surface area contributed by atoms with E-state index in [0.717, 1.165) is 18.2 Å². The number of benzene rings is 1. The quantitative estimate of drug-likeness (QED) is 0.791. The van der Waals surface area contributed by atoms with E-state index in [2.05, 4.69) is 35.1 Å². The minimum absolute atomic E-state index is 0.104. The number of hydrogen-bond acceptors (Lipinski definition) is 2. The molecule has 1 amide bonds. The number of rotatable bonds is 6. The van der Waals surface area contributed by atoms with E-state index in [0.29, 0.717) is 12.1 Å². The standard InChI is InChI=1S/C14H20BrNO2/c1-3-14(4-2,9-15)10-16-13(18)11-6-5-7-12(17)8-11/h5-8,17H,3-4,9-10H2,1-2H3,(H,16,18). The van der Waals surface area contributed by atoms with Crippen LogP contribution in [0.5, 0.6) is 5.75 Å². The molecule has 0 spiro atoms. The van der Waals surface area contributed by atoms with Gasteiger partial charge in [0.1, 0.15) is 5.75 Å². The highest BCUT2D eigenvalue weighted by Crippen LogP contribution is 2.27. The van der Waals surface area contributed by atoms with Crippen LogP contribution in [0.1, 0.15) is 37.0 Å². The average molecular weight is 314 g/mol. The van der Waals surface area contributed by atoms with Gasteiger partial charge in [-0.05, 0) is 36.5 Å². The Hall–Kier alpha value is -1.03. The molecule has 0 atom stereocenters. The van der Waals surface area contributed by atoms with Gasteiger partial charge in [-0.3, -0.25) is 4.79 Å². The first-order chi connectivity index (χ1) is 8.56. The van der Waals surface area contributed by atoms with Crippen LogP contribution in [0.2, 0.25) is 0 Å². The van der Waals surface area contributed by atoms with Crippen molar-refractivity contribution < 1.29 is 9.90 Å². The number of amides is 1. The van der Waals surface area contributed by atoms with Crippen molar-refractivity contribution in [3.63, 3.8) is 0 Å². The van der Waals surface area contributed by atoms with E-state index >= 15 is 0 Å². The lowest BCUT2D eigenvalue weighted by molar-refractivity contribution is 0.0932. The molecule has 0 aliphatic heterocycles. The van der Waals surface area contributed by atoms with E-state index in [1.54, 1.807) is 18.2 Å². The lowest BCUT2D eigenvalue weighted by Crippen LogP contribution is -2.38. The van der Waals surface area contributed by atoms with Crippen molar-refractivity contribution in [3.05, 3.63) is 29.8 Å². The third kappa shape index (κ3) is 3.73. The molecule has 0 fully saturated rings. The van der Waals surface area contributed by atoms with Crippen molar-refractivity contribution in [1.82, 2.24) is 5.32 Å². The molecule has 0 unspecified atom stereocenters. The molecule has 0 bridgehead atoms. The fourth-order valence-corrected chi connectivity index (χ4v) is 2.74. The molecule has 0 aliphatic rings. The van der Waals surface area contributed by atoms with Gasteiger partial charge in [0, 0.05) is 17.4 Å². The average Bonchev–Trinajstić information content (AvgIpc) is 2.40. The number of nitrogens with one attached hydrogen (secondary N) is 1. The van der Waals surface area contributed by atoms with Gasteiger partial charge in [0.15, 0.2) is 0 Å². The van der Waals surface area contributed by atoms with E-state index in [9.17, 15) is 9.90 Å². The van der Waals surface area contributed by atoms with E-state index in [-0.39, 0.29) is 17.1 Å². The lowest BCUT2D eigenvalue weighted by atomic mass is 9.84. The van der Waals surface area contributed by atoms with Crippen LogP contribution in [0.25, 0.3) is 0 Å². The molecule has 1 aromatic rings. The molecule has 4 heteroatoms. The minimum Gasteiger partial charge on any atom is -0.508 e. The Morgan fingerprint density at radius 1 is 1.39 bits per heavy atom. The molecule has 1 aromatic carbocycles. The van der Waals surface area contributed by atoms with Gasteiger partial charge >= 0.3 is 0 Å². The molecular weight excluding hydrogens is 294 g/mol. The third-order valence-corrected chi connectivity index (χ3v) is 4.71. The SMILES string of the molecule is CCC(CC)(CBr)CNC(=O)c1cccc(O)c1. The number of carbonyl (C=O) groups is 1. The smallest absolute Gasteiger partial charge is 0.251 e. The second-order valence-electron chi connectivity index (χ2n) is 4.57. The van der Waals surface area contributed by atoms with Crippen molar-refractivity contribution in [3.8, 4) is 5.75 Å². The Kier molecular flexibility index (Phi) is 5.66. The fourth-order valence-electron chi connectivity index (χ4n) is 1.75. The van der Waals surface area contributed by atoms with Gasteiger partial charge in [-0.2, -0.15) is 0 Å². The second kappa shape index (κ2) is 6.78. The number of phenols is 1. The molecule has 0 aromatic heterocycles. The predicted molar refractivity (Wildman–Crippen MR) is 77.2 cm³/mol. The van der Waals surface area contributed by atoms with E-state index < -0.39 is 0 Å². The molecule has 18 heavy (non-hydrogen) atoms. The maximum absolute atomic E-state index is 12.0. The Balaban J connectivity index is 2.66. The van der Waals surface area contributed by atoms with Gasteiger partial charge in [0.2, 0.25) is 0 Å². The number of alkyl halides is 1. The highest BCUT2D eigenvalue weighted by atomic mass is 79.9. The van der Waals surface area contributed by atoms with Crippen molar-refractivity contribution in [1.29, 1.82) is 0 Å². The van der Waals surface area contributed by atoms with Crippen molar-refractivity contribution >= 4 is 21.8 Å². The normalized spacial score (nSPS) is 11.3. The van der Waals surface area contributed by atoms with E-state index in [4.69, 9.17) is 0 Å². The number of aromatic hydroxyl groups is 1. The van der Waals surface area contributed by atoms with Gasteiger partial charge in [-0.15, -0.1) is 0 Å². The van der Waals surface area contributed by atoms with Crippen LogP contribution in [-0.2, 0) is 0 Å². The number of phenolic OH excluding ortho intramolecular Hbond substituents is 1. The van der Waals surface area contributed by atoms with Crippen molar-refractivity contribution in [2.75, 3.05) is 11.9 Å². The zero-order valence-corrected chi connectivity index (χ0v) is 12.5. The van der Waals surface area contributed by atoms with Crippen LogP contribution in [-0.4, -0.2) is 22.9 Å². The summed E-state index contributed by atoms with van der Waals surface area (Å²) in [7, 11) is 0. The predicted octanol–water partition coefficient (Wildman–Crippen LogP) is 3.32. The maximum atomic E-state index is 12.0. The minimum atomic E-state index is -0.141. The molecule has 3 nitrogen and oxygen atoms in total. The zero-order chi connectivity index (χ0) is 13.6.